The highest BCUT2D eigenvalue weighted by atomic mass is 32.1. The topological polar surface area (TPSA) is 155 Å². The second-order valence-corrected chi connectivity index (χ2v) is 17.5. The van der Waals surface area contributed by atoms with Gasteiger partial charge in [-0.05, 0) is 42.9 Å². The molecule has 0 aliphatic heterocycles. The molecule has 0 bridgehead atoms. The maximum Gasteiger partial charge on any atom is 0.420 e. The lowest BCUT2D eigenvalue weighted by Gasteiger charge is -2.20. The molecule has 4 atom stereocenters. The summed E-state index contributed by atoms with van der Waals surface area (Å²) in [4.78, 5) is 91.9. The first-order valence-corrected chi connectivity index (χ1v) is 21.3. The normalized spacial score (nSPS) is 21.9. The van der Waals surface area contributed by atoms with Crippen molar-refractivity contribution >= 4 is 111 Å². The van der Waals surface area contributed by atoms with Crippen LogP contribution in [0.4, 0.5) is 20.4 Å². The lowest BCUT2D eigenvalue weighted by atomic mass is 9.81. The molecular weight excluding hydrogens is 777 g/mol. The molecule has 0 N–H and O–H groups in total. The number of Topliss-reactive ketones (excluding diaryl/α,β-unsaturated/α-hetero) is 4. The van der Waals surface area contributed by atoms with E-state index in [2.05, 4.69) is 9.98 Å². The van der Waals surface area contributed by atoms with Gasteiger partial charge in [-0.1, -0.05) is 86.3 Å². The summed E-state index contributed by atoms with van der Waals surface area (Å²) < 4.78 is 16.2. The number of fused-ring (bicyclic) bond motifs is 7. The Morgan fingerprint density at radius 2 is 1.07 bits per heavy atom. The van der Waals surface area contributed by atoms with Crippen LogP contribution in [0.25, 0.3) is 30.6 Å². The van der Waals surface area contributed by atoms with Crippen LogP contribution in [-0.2, 0) is 41.9 Å². The number of aromatic nitrogens is 2. The van der Waals surface area contributed by atoms with Gasteiger partial charge in [-0.2, -0.15) is 0 Å². The van der Waals surface area contributed by atoms with E-state index in [0.717, 1.165) is 36.8 Å². The lowest BCUT2D eigenvalue weighted by molar-refractivity contribution is -0.120. The highest BCUT2D eigenvalue weighted by Crippen LogP contribution is 2.49. The van der Waals surface area contributed by atoms with Crippen LogP contribution in [0.15, 0.2) is 82.8 Å². The van der Waals surface area contributed by atoms with E-state index in [4.69, 9.17) is 9.47 Å². The molecule has 4 unspecified atom stereocenters. The number of nitrogens with zero attached hydrogens (tertiary/aromatic N) is 4. The second kappa shape index (κ2) is 14.5. The van der Waals surface area contributed by atoms with Crippen LogP contribution in [0.2, 0.25) is 0 Å². The average molecular weight is 813 g/mol. The Hall–Kier alpha value is -5.86. The van der Waals surface area contributed by atoms with E-state index >= 15 is 0 Å². The number of carbonyl (C=O) groups excluding carboxylic acids is 6. The SMILES string of the molecule is O=C1C(=Nc2cc3c(s2)c2sc4cc(N=C5C(=O)C6CCCCC6C5=O)n(C(=O)OCc5ccccc5)c4c2n3C(=O)OCc2ccccc2)C(=O)C2CCCCC12. The molecule has 2 aromatic carbocycles. The molecule has 14 heteroatoms. The van der Waals surface area contributed by atoms with Crippen LogP contribution in [0.5, 0.6) is 0 Å². The highest BCUT2D eigenvalue weighted by molar-refractivity contribution is 7.32. The van der Waals surface area contributed by atoms with Gasteiger partial charge in [0.25, 0.3) is 0 Å². The number of ether oxygens (including phenoxy) is 2. The predicted molar refractivity (Wildman–Crippen MR) is 220 cm³/mol. The Morgan fingerprint density at radius 3 is 1.59 bits per heavy atom. The zero-order valence-corrected chi connectivity index (χ0v) is 32.8. The van der Waals surface area contributed by atoms with Crippen LogP contribution < -0.4 is 0 Å². The van der Waals surface area contributed by atoms with E-state index in [1.807, 2.05) is 60.7 Å². The maximum atomic E-state index is 14.3. The first-order valence-electron chi connectivity index (χ1n) is 19.7. The van der Waals surface area contributed by atoms with Crippen molar-refractivity contribution < 1.29 is 38.2 Å². The summed E-state index contributed by atoms with van der Waals surface area (Å²) in [5.41, 5.74) is 2.36. The molecule has 4 aromatic heterocycles. The molecule has 0 amide bonds. The molecule has 4 aliphatic rings. The van der Waals surface area contributed by atoms with Crippen LogP contribution in [0.3, 0.4) is 0 Å². The van der Waals surface area contributed by atoms with Crippen molar-refractivity contribution in [3.63, 3.8) is 0 Å². The van der Waals surface area contributed by atoms with Crippen molar-refractivity contribution in [2.45, 2.75) is 64.6 Å². The monoisotopic (exact) mass is 812 g/mol. The summed E-state index contributed by atoms with van der Waals surface area (Å²) >= 11 is 2.53. The molecule has 4 fully saturated rings. The van der Waals surface area contributed by atoms with Gasteiger partial charge in [-0.15, -0.1) is 22.7 Å². The first kappa shape index (κ1) is 36.5. The van der Waals surface area contributed by atoms with Gasteiger partial charge in [0.15, 0.2) is 34.6 Å². The third kappa shape index (κ3) is 5.99. The van der Waals surface area contributed by atoms with Crippen molar-refractivity contribution in [1.82, 2.24) is 9.13 Å². The Bertz CT molecular complexity index is 2740. The first-order chi connectivity index (χ1) is 28.3. The van der Waals surface area contributed by atoms with Crippen molar-refractivity contribution in [2.24, 2.45) is 33.7 Å². The van der Waals surface area contributed by atoms with E-state index in [1.165, 1.54) is 31.8 Å². The van der Waals surface area contributed by atoms with Crippen LogP contribution in [0.1, 0.15) is 62.5 Å². The molecule has 10 rings (SSSR count). The largest absolute Gasteiger partial charge is 0.444 e. The van der Waals surface area contributed by atoms with E-state index in [1.54, 1.807) is 12.1 Å². The zero-order valence-electron chi connectivity index (χ0n) is 31.2. The van der Waals surface area contributed by atoms with Crippen molar-refractivity contribution in [3.05, 3.63) is 83.9 Å². The molecule has 4 saturated carbocycles. The molecule has 0 spiro atoms. The fourth-order valence-electron chi connectivity index (χ4n) is 9.21. The average Bonchev–Trinajstić information content (AvgIpc) is 4.07. The Morgan fingerprint density at radius 1 is 0.586 bits per heavy atom. The van der Waals surface area contributed by atoms with Crippen molar-refractivity contribution in [1.29, 1.82) is 0 Å². The van der Waals surface area contributed by atoms with Gasteiger partial charge < -0.3 is 9.47 Å². The van der Waals surface area contributed by atoms with Gasteiger partial charge in [0.05, 0.1) is 30.6 Å². The summed E-state index contributed by atoms with van der Waals surface area (Å²) in [6.07, 6.45) is 4.58. The van der Waals surface area contributed by atoms with E-state index in [0.29, 0.717) is 61.3 Å². The van der Waals surface area contributed by atoms with Crippen molar-refractivity contribution in [3.8, 4) is 0 Å². The number of thiophene rings is 2. The lowest BCUT2D eigenvalue weighted by Crippen LogP contribution is -2.21. The molecule has 4 aliphatic carbocycles. The van der Waals surface area contributed by atoms with Gasteiger partial charge in [-0.25, -0.2) is 28.7 Å². The van der Waals surface area contributed by atoms with E-state index in [9.17, 15) is 28.8 Å². The minimum atomic E-state index is -0.811. The Kier molecular flexibility index (Phi) is 9.12. The number of aliphatic imine (C=N–C) groups is 2. The molecular formula is C44H36N4O8S2. The highest BCUT2D eigenvalue weighted by Gasteiger charge is 2.49. The standard InChI is InChI=1S/C44H36N4O8S2/c49-37-25-15-7-8-16-26(25)38(50)33(37)45-31-20-30-35(48(31)44(54)56-22-24-13-5-2-6-14-24)36-42(57-30)41-29(47(36)43(53)55-21-23-11-3-1-4-12-23)19-32(58-41)46-34-39(51)27-17-9-10-18-28(27)40(34)52/h1-6,11-14,19-20,25-28H,7-10,15-18,21-22H2. The van der Waals surface area contributed by atoms with Gasteiger partial charge in [-0.3, -0.25) is 19.2 Å². The molecule has 4 heterocycles. The second-order valence-electron chi connectivity index (χ2n) is 15.4. The molecule has 6 aromatic rings. The van der Waals surface area contributed by atoms with Crippen molar-refractivity contribution in [2.75, 3.05) is 0 Å². The Balaban J connectivity index is 1.14. The number of hydrogen-bond donors (Lipinski definition) is 0. The molecule has 12 nitrogen and oxygen atoms in total. The van der Waals surface area contributed by atoms with Gasteiger partial charge in [0, 0.05) is 29.7 Å². The minimum absolute atomic E-state index is 0.0369. The summed E-state index contributed by atoms with van der Waals surface area (Å²) in [5, 5.41) is 0.391. The minimum Gasteiger partial charge on any atom is -0.444 e. The third-order valence-corrected chi connectivity index (χ3v) is 14.3. The number of ketones is 4. The Labute approximate surface area is 339 Å². The predicted octanol–water partition coefficient (Wildman–Crippen LogP) is 9.30. The fraction of sp³-hybridized carbons (Fsp3) is 0.318. The maximum absolute atomic E-state index is 14.3. The van der Waals surface area contributed by atoms with E-state index < -0.39 is 24.0 Å². The van der Waals surface area contributed by atoms with Gasteiger partial charge in [0.1, 0.15) is 24.0 Å². The number of benzene rings is 2. The summed E-state index contributed by atoms with van der Waals surface area (Å²) in [6, 6.07) is 21.7. The smallest absolute Gasteiger partial charge is 0.420 e. The zero-order chi connectivity index (χ0) is 39.7. The van der Waals surface area contributed by atoms with Gasteiger partial charge in [0.2, 0.25) is 0 Å². The quantitative estimate of drug-likeness (QED) is 0.161. The van der Waals surface area contributed by atoms with Crippen LogP contribution in [0, 0.1) is 23.7 Å². The molecule has 292 valence electrons. The number of hydrogen-bond acceptors (Lipinski definition) is 12. The van der Waals surface area contributed by atoms with Crippen LogP contribution >= 0.6 is 22.7 Å². The number of carbonyl (C=O) groups is 6. The molecule has 0 radical (unpaired) electrons. The van der Waals surface area contributed by atoms with Crippen LogP contribution in [-0.4, -0.2) is 55.9 Å². The fourth-order valence-corrected chi connectivity index (χ4v) is 11.6. The summed E-state index contributed by atoms with van der Waals surface area (Å²) in [6.45, 7) is -0.104. The molecule has 0 saturated heterocycles. The van der Waals surface area contributed by atoms with Gasteiger partial charge >= 0.3 is 12.2 Å². The third-order valence-electron chi connectivity index (χ3n) is 12.0. The summed E-state index contributed by atoms with van der Waals surface area (Å²) in [7, 11) is 0. The number of rotatable bonds is 6. The summed E-state index contributed by atoms with van der Waals surface area (Å²) in [5.74, 6) is -2.52. The molecule has 58 heavy (non-hydrogen) atoms. The van der Waals surface area contributed by atoms with E-state index in [-0.39, 0.29) is 65.4 Å².